The third kappa shape index (κ3) is 6.67. The number of nitrogens with two attached hydrogens (primary N) is 1. The Hall–Kier alpha value is -2.59. The van der Waals surface area contributed by atoms with Crippen molar-refractivity contribution in [3.05, 3.63) is 83.7 Å². The van der Waals surface area contributed by atoms with Crippen LogP contribution in [0.3, 0.4) is 0 Å². The average Bonchev–Trinajstić information content (AvgIpc) is 2.48. The van der Waals surface area contributed by atoms with Gasteiger partial charge in [0.15, 0.2) is 0 Å². The second-order valence-corrected chi connectivity index (χ2v) is 6.53. The summed E-state index contributed by atoms with van der Waals surface area (Å²) in [6.07, 6.45) is 11.1. The summed E-state index contributed by atoms with van der Waals surface area (Å²) in [5.41, 5.74) is 2.59. The lowest BCUT2D eigenvalue weighted by Crippen LogP contribution is -2.80. The second-order valence-electron chi connectivity index (χ2n) is 6.53. The highest BCUT2D eigenvalue weighted by atomic mass is 16.6. The molecule has 0 saturated heterocycles. The van der Waals surface area contributed by atoms with Gasteiger partial charge in [0.1, 0.15) is 17.8 Å². The molecule has 0 spiro atoms. The molecule has 126 valence electrons. The van der Waals surface area contributed by atoms with Crippen molar-refractivity contribution in [3.8, 4) is 0 Å². The number of amides is 1. The van der Waals surface area contributed by atoms with Gasteiger partial charge in [-0.25, -0.2) is 4.79 Å². The van der Waals surface area contributed by atoms with E-state index in [1.54, 1.807) is 0 Å². The predicted molar refractivity (Wildman–Crippen MR) is 95.9 cm³/mol. The first kappa shape index (κ1) is 17.8. The van der Waals surface area contributed by atoms with E-state index in [9.17, 15) is 4.79 Å². The molecule has 4 nitrogen and oxygen atoms in total. The van der Waals surface area contributed by atoms with Gasteiger partial charge in [0, 0.05) is 11.3 Å². The van der Waals surface area contributed by atoms with Crippen LogP contribution in [-0.4, -0.2) is 11.7 Å². The molecule has 0 bridgehead atoms. The van der Waals surface area contributed by atoms with Crippen molar-refractivity contribution in [2.45, 2.75) is 32.9 Å². The Balaban J connectivity index is 1.89. The van der Waals surface area contributed by atoms with E-state index in [0.717, 1.165) is 12.2 Å². The van der Waals surface area contributed by atoms with Crippen LogP contribution >= 0.6 is 0 Å². The van der Waals surface area contributed by atoms with E-state index in [4.69, 9.17) is 4.74 Å². The van der Waals surface area contributed by atoms with Gasteiger partial charge in [-0.1, -0.05) is 42.5 Å². The second kappa shape index (κ2) is 8.31. The number of nitrogens with one attached hydrogen (secondary N) is 1. The lowest BCUT2D eigenvalue weighted by Gasteiger charge is -2.19. The monoisotopic (exact) mass is 325 g/mol. The summed E-state index contributed by atoms with van der Waals surface area (Å²) in [6, 6.07) is 10.3. The summed E-state index contributed by atoms with van der Waals surface area (Å²) in [5, 5.41) is 4.92. The summed E-state index contributed by atoms with van der Waals surface area (Å²) in [5.74, 6) is 0. The number of rotatable bonds is 4. The molecule has 0 saturated carbocycles. The van der Waals surface area contributed by atoms with E-state index < -0.39 is 11.7 Å². The zero-order valence-electron chi connectivity index (χ0n) is 14.5. The highest BCUT2D eigenvalue weighted by molar-refractivity contribution is 5.71. The Morgan fingerprint density at radius 1 is 1.08 bits per heavy atom. The van der Waals surface area contributed by atoms with Gasteiger partial charge in [-0.05, 0) is 45.1 Å². The van der Waals surface area contributed by atoms with Crippen molar-refractivity contribution >= 4 is 6.09 Å². The Kier molecular flexibility index (Phi) is 6.15. The number of carbonyl (C=O) groups is 1. The summed E-state index contributed by atoms with van der Waals surface area (Å²) in [6.45, 7) is 6.41. The minimum absolute atomic E-state index is 0.452. The van der Waals surface area contributed by atoms with Crippen LogP contribution in [0.5, 0.6) is 0 Å². The molecule has 1 aliphatic carbocycles. The first-order chi connectivity index (χ1) is 11.4. The van der Waals surface area contributed by atoms with Crippen LogP contribution in [0.4, 0.5) is 4.79 Å². The number of ether oxygens (including phenoxy) is 1. The Morgan fingerprint density at radius 3 is 2.50 bits per heavy atom. The number of hydrogen-bond acceptors (Lipinski definition) is 2. The summed E-state index contributed by atoms with van der Waals surface area (Å²) < 4.78 is 5.25. The van der Waals surface area contributed by atoms with Crippen LogP contribution in [0.1, 0.15) is 26.3 Å². The summed E-state index contributed by atoms with van der Waals surface area (Å²) in [7, 11) is 0. The third-order valence-electron chi connectivity index (χ3n) is 3.19. The quantitative estimate of drug-likeness (QED) is 0.893. The minimum atomic E-state index is -0.509. The van der Waals surface area contributed by atoms with Gasteiger partial charge in [-0.15, -0.1) is 0 Å². The maximum absolute atomic E-state index is 11.8. The molecule has 4 heteroatoms. The van der Waals surface area contributed by atoms with Crippen molar-refractivity contribution in [2.75, 3.05) is 0 Å². The van der Waals surface area contributed by atoms with Crippen molar-refractivity contribution in [1.82, 2.24) is 5.32 Å². The molecule has 24 heavy (non-hydrogen) atoms. The predicted octanol–water partition coefficient (Wildman–Crippen LogP) is 3.17. The lowest BCUT2D eigenvalue weighted by atomic mass is 10.2. The Bertz CT molecular complexity index is 677. The highest BCUT2D eigenvalue weighted by Crippen LogP contribution is 2.08. The first-order valence-electron chi connectivity index (χ1n) is 8.06. The molecule has 0 aromatic heterocycles. The van der Waals surface area contributed by atoms with Gasteiger partial charge < -0.3 is 10.1 Å². The van der Waals surface area contributed by atoms with Gasteiger partial charge in [0.2, 0.25) is 0 Å². The average molecular weight is 325 g/mol. The molecule has 1 aromatic carbocycles. The largest absolute Gasteiger partial charge is 0.444 e. The first-order valence-corrected chi connectivity index (χ1v) is 8.06. The van der Waals surface area contributed by atoms with Crippen LogP contribution < -0.4 is 10.6 Å². The fraction of sp³-hybridized carbons (Fsp3) is 0.250. The summed E-state index contributed by atoms with van der Waals surface area (Å²) >= 11 is 0. The number of carbonyl (C=O) groups excluding carboxylic acids is 1. The third-order valence-corrected chi connectivity index (χ3v) is 3.19. The van der Waals surface area contributed by atoms with Crippen LogP contribution in [-0.2, 0) is 11.3 Å². The molecule has 0 radical (unpaired) electrons. The van der Waals surface area contributed by atoms with Crippen LogP contribution in [0, 0.1) is 0 Å². The van der Waals surface area contributed by atoms with Gasteiger partial charge in [-0.3, -0.25) is 5.32 Å². The molecule has 0 fully saturated rings. The molecular formula is C20H25N2O2+. The van der Waals surface area contributed by atoms with E-state index in [-0.39, 0.29) is 0 Å². The number of alkyl carbamates (subject to hydrolysis) is 1. The molecule has 0 unspecified atom stereocenters. The fourth-order valence-corrected chi connectivity index (χ4v) is 2.13. The van der Waals surface area contributed by atoms with Crippen molar-refractivity contribution < 1.29 is 14.8 Å². The van der Waals surface area contributed by atoms with Crippen LogP contribution in [0.25, 0.3) is 0 Å². The van der Waals surface area contributed by atoms with Gasteiger partial charge in [-0.2, -0.15) is 0 Å². The van der Waals surface area contributed by atoms with E-state index >= 15 is 0 Å². The molecule has 1 aromatic rings. The number of quaternary nitrogens is 1. The Morgan fingerprint density at radius 2 is 1.79 bits per heavy atom. The maximum atomic E-state index is 11.8. The van der Waals surface area contributed by atoms with Gasteiger partial charge in [0.05, 0.1) is 0 Å². The standard InChI is InChI=1S/C20H24N2O2/c1-20(2,3)24-19(23)22-18-13-7-11-17(12-8-14-18)21-15-16-9-5-4-6-10-16/h4-14,21H,15H2,1-3H3,(H,22,23)/p+1. The molecule has 2 rings (SSSR count). The number of allylic oxidation sites excluding steroid dienone is 6. The molecule has 0 heterocycles. The summed E-state index contributed by atoms with van der Waals surface area (Å²) in [4.78, 5) is 11.8. The molecule has 0 aliphatic heterocycles. The lowest BCUT2D eigenvalue weighted by molar-refractivity contribution is -0.618. The minimum Gasteiger partial charge on any atom is -0.444 e. The zero-order chi connectivity index (χ0) is 17.4. The van der Waals surface area contributed by atoms with E-state index in [0.29, 0.717) is 5.70 Å². The molecule has 1 aliphatic rings. The molecule has 0 atom stereocenters. The highest BCUT2D eigenvalue weighted by Gasteiger charge is 2.16. The van der Waals surface area contributed by atoms with Gasteiger partial charge in [0.25, 0.3) is 0 Å². The molecular weight excluding hydrogens is 300 g/mol. The zero-order valence-corrected chi connectivity index (χ0v) is 14.5. The van der Waals surface area contributed by atoms with Crippen molar-refractivity contribution in [3.63, 3.8) is 0 Å². The number of hydrogen-bond donors (Lipinski definition) is 2. The fourth-order valence-electron chi connectivity index (χ4n) is 2.13. The number of benzene rings is 1. The SMILES string of the molecule is CC(C)(C)OC(=O)NC1=CC=CC([NH2+]Cc2ccccc2)=CC=C1. The van der Waals surface area contributed by atoms with Crippen molar-refractivity contribution in [2.24, 2.45) is 0 Å². The van der Waals surface area contributed by atoms with Crippen molar-refractivity contribution in [1.29, 1.82) is 0 Å². The topological polar surface area (TPSA) is 54.9 Å². The van der Waals surface area contributed by atoms with Crippen LogP contribution in [0.2, 0.25) is 0 Å². The molecule has 3 N–H and O–H groups in total. The van der Waals surface area contributed by atoms with E-state index in [1.165, 1.54) is 5.56 Å². The smallest absolute Gasteiger partial charge is 0.412 e. The maximum Gasteiger partial charge on any atom is 0.412 e. The normalized spacial score (nSPS) is 14.3. The Labute approximate surface area is 143 Å². The van der Waals surface area contributed by atoms with Gasteiger partial charge >= 0.3 is 6.09 Å². The van der Waals surface area contributed by atoms with E-state index in [2.05, 4.69) is 22.8 Å². The van der Waals surface area contributed by atoms with E-state index in [1.807, 2.05) is 75.4 Å². The van der Waals surface area contributed by atoms with Crippen LogP contribution in [0.15, 0.2) is 78.2 Å². The molecule has 1 amide bonds.